The normalized spacial score (nSPS) is 11.3. The van der Waals surface area contributed by atoms with Crippen molar-refractivity contribution in [3.63, 3.8) is 0 Å². The zero-order chi connectivity index (χ0) is 14.7. The van der Waals surface area contributed by atoms with Crippen LogP contribution in [0.15, 0.2) is 73.3 Å². The van der Waals surface area contributed by atoms with E-state index in [-0.39, 0.29) is 5.78 Å². The Morgan fingerprint density at radius 3 is 1.86 bits per heavy atom. The quantitative estimate of drug-likeness (QED) is 0.736. The summed E-state index contributed by atoms with van der Waals surface area (Å²) in [5.74, 6) is -0.00889. The molecule has 0 aliphatic carbocycles. The predicted octanol–water partition coefficient (Wildman–Crippen LogP) is 2.66. The Labute approximate surface area is 123 Å². The summed E-state index contributed by atoms with van der Waals surface area (Å²) < 4.78 is 1.62. The lowest BCUT2D eigenvalue weighted by Gasteiger charge is -2.32. The van der Waals surface area contributed by atoms with Crippen LogP contribution in [0.25, 0.3) is 0 Å². The van der Waals surface area contributed by atoms with Crippen molar-refractivity contribution in [1.29, 1.82) is 0 Å². The molecule has 0 radical (unpaired) electrons. The molecule has 0 amide bonds. The Kier molecular flexibility index (Phi) is 3.36. The molecule has 3 rings (SSSR count). The summed E-state index contributed by atoms with van der Waals surface area (Å²) in [4.78, 5) is 16.7. The summed E-state index contributed by atoms with van der Waals surface area (Å²) in [7, 11) is 0. The van der Waals surface area contributed by atoms with E-state index in [1.54, 1.807) is 17.9 Å². The first kappa shape index (κ1) is 13.2. The second-order valence-corrected chi connectivity index (χ2v) is 4.84. The first-order valence-electron chi connectivity index (χ1n) is 6.73. The molecule has 2 aromatic carbocycles. The van der Waals surface area contributed by atoms with Gasteiger partial charge in [0.25, 0.3) is 0 Å². The van der Waals surface area contributed by atoms with Crippen molar-refractivity contribution in [3.8, 4) is 0 Å². The van der Waals surface area contributed by atoms with Crippen molar-refractivity contribution in [3.05, 3.63) is 84.4 Å². The van der Waals surface area contributed by atoms with E-state index >= 15 is 0 Å². The lowest BCUT2D eigenvalue weighted by Crippen LogP contribution is -2.43. The number of benzene rings is 2. The minimum Gasteiger partial charge on any atom is -0.296 e. The van der Waals surface area contributed by atoms with Crippen LogP contribution in [0.4, 0.5) is 0 Å². The van der Waals surface area contributed by atoms with Crippen molar-refractivity contribution >= 4 is 5.78 Å². The van der Waals surface area contributed by atoms with E-state index in [0.717, 1.165) is 11.1 Å². The van der Waals surface area contributed by atoms with E-state index in [0.29, 0.717) is 0 Å². The summed E-state index contributed by atoms with van der Waals surface area (Å²) in [6.45, 7) is 1.58. The molecule has 104 valence electrons. The van der Waals surface area contributed by atoms with Gasteiger partial charge in [0.15, 0.2) is 11.3 Å². The van der Waals surface area contributed by atoms with E-state index in [9.17, 15) is 4.79 Å². The number of Topliss-reactive ketones (excluding diaryl/α,β-unsaturated/α-hetero) is 1. The van der Waals surface area contributed by atoms with Gasteiger partial charge >= 0.3 is 0 Å². The van der Waals surface area contributed by atoms with Gasteiger partial charge in [-0.05, 0) is 18.1 Å². The number of ketones is 1. The Hall–Kier alpha value is -2.75. The van der Waals surface area contributed by atoms with Gasteiger partial charge in [0.2, 0.25) is 0 Å². The molecule has 0 bridgehead atoms. The molecule has 4 heteroatoms. The van der Waals surface area contributed by atoms with E-state index in [4.69, 9.17) is 0 Å². The minimum atomic E-state index is -0.987. The minimum absolute atomic E-state index is 0.00889. The molecule has 3 aromatic rings. The lowest BCUT2D eigenvalue weighted by molar-refractivity contribution is -0.122. The summed E-state index contributed by atoms with van der Waals surface area (Å²) in [5.41, 5.74) is 0.752. The molecule has 0 N–H and O–H groups in total. The number of rotatable bonds is 4. The largest absolute Gasteiger partial charge is 0.296 e. The predicted molar refractivity (Wildman–Crippen MR) is 79.8 cm³/mol. The fourth-order valence-corrected chi connectivity index (χ4v) is 2.74. The maximum absolute atomic E-state index is 12.7. The number of carbonyl (C=O) groups excluding carboxylic acids is 1. The summed E-state index contributed by atoms with van der Waals surface area (Å²) in [6, 6.07) is 19.3. The first-order valence-corrected chi connectivity index (χ1v) is 6.73. The van der Waals surface area contributed by atoms with Crippen molar-refractivity contribution < 1.29 is 4.79 Å². The van der Waals surface area contributed by atoms with Crippen LogP contribution >= 0.6 is 0 Å². The molecule has 0 saturated carbocycles. The Bertz CT molecular complexity index is 682. The van der Waals surface area contributed by atoms with Crippen LogP contribution in [-0.2, 0) is 10.3 Å². The fraction of sp³-hybridized carbons (Fsp3) is 0.118. The molecule has 1 heterocycles. The molecule has 0 aliphatic rings. The third-order valence-corrected chi connectivity index (χ3v) is 3.66. The maximum atomic E-state index is 12.7. The molecular weight excluding hydrogens is 262 g/mol. The lowest BCUT2D eigenvalue weighted by atomic mass is 9.80. The van der Waals surface area contributed by atoms with Crippen molar-refractivity contribution in [2.45, 2.75) is 12.5 Å². The van der Waals surface area contributed by atoms with E-state index in [1.165, 1.54) is 6.33 Å². The summed E-state index contributed by atoms with van der Waals surface area (Å²) in [5, 5.41) is 4.25. The Morgan fingerprint density at radius 1 is 0.952 bits per heavy atom. The van der Waals surface area contributed by atoms with Gasteiger partial charge in [-0.2, -0.15) is 5.10 Å². The number of nitrogens with zero attached hydrogens (tertiary/aromatic N) is 3. The van der Waals surface area contributed by atoms with Crippen molar-refractivity contribution in [1.82, 2.24) is 14.8 Å². The van der Waals surface area contributed by atoms with Crippen LogP contribution in [0, 0.1) is 0 Å². The molecule has 21 heavy (non-hydrogen) atoms. The van der Waals surface area contributed by atoms with E-state index < -0.39 is 5.54 Å². The monoisotopic (exact) mass is 277 g/mol. The highest BCUT2D eigenvalue weighted by Gasteiger charge is 2.42. The van der Waals surface area contributed by atoms with Crippen LogP contribution in [-0.4, -0.2) is 20.5 Å². The maximum Gasteiger partial charge on any atom is 0.172 e. The van der Waals surface area contributed by atoms with Gasteiger partial charge in [-0.1, -0.05) is 60.7 Å². The Morgan fingerprint density at radius 2 is 1.48 bits per heavy atom. The molecule has 4 nitrogen and oxygen atoms in total. The fourth-order valence-electron chi connectivity index (χ4n) is 2.74. The third kappa shape index (κ3) is 2.05. The van der Waals surface area contributed by atoms with E-state index in [1.807, 2.05) is 60.7 Å². The topological polar surface area (TPSA) is 47.8 Å². The second kappa shape index (κ2) is 5.32. The third-order valence-electron chi connectivity index (χ3n) is 3.66. The average Bonchev–Trinajstić information content (AvgIpc) is 3.04. The van der Waals surface area contributed by atoms with Crippen molar-refractivity contribution in [2.24, 2.45) is 0 Å². The molecule has 1 aromatic heterocycles. The first-order chi connectivity index (χ1) is 10.3. The van der Waals surface area contributed by atoms with Gasteiger partial charge < -0.3 is 0 Å². The van der Waals surface area contributed by atoms with Gasteiger partial charge in [0, 0.05) is 0 Å². The van der Waals surface area contributed by atoms with Gasteiger partial charge in [-0.25, -0.2) is 9.67 Å². The molecule has 0 saturated heterocycles. The molecular formula is C17H15N3O. The SMILES string of the molecule is CC(=O)C(c1ccccc1)(c1ccccc1)n1cncn1. The van der Waals surface area contributed by atoms with Gasteiger partial charge in [-0.3, -0.25) is 4.79 Å². The summed E-state index contributed by atoms with van der Waals surface area (Å²) in [6.07, 6.45) is 3.03. The molecule has 0 fully saturated rings. The number of hydrogen-bond donors (Lipinski definition) is 0. The van der Waals surface area contributed by atoms with Crippen LogP contribution in [0.5, 0.6) is 0 Å². The molecule has 0 unspecified atom stereocenters. The van der Waals surface area contributed by atoms with Crippen LogP contribution in [0.2, 0.25) is 0 Å². The highest BCUT2D eigenvalue weighted by molar-refractivity contribution is 5.91. The van der Waals surface area contributed by atoms with Crippen LogP contribution in [0.1, 0.15) is 18.1 Å². The van der Waals surface area contributed by atoms with Crippen LogP contribution in [0.3, 0.4) is 0 Å². The van der Waals surface area contributed by atoms with Gasteiger partial charge in [-0.15, -0.1) is 0 Å². The standard InChI is InChI=1S/C17H15N3O/c1-14(21)17(20-13-18-12-19-20,15-8-4-2-5-9-15)16-10-6-3-7-11-16/h2-13H,1H3. The van der Waals surface area contributed by atoms with Crippen molar-refractivity contribution in [2.75, 3.05) is 0 Å². The Balaban J connectivity index is 2.36. The molecule has 0 aliphatic heterocycles. The molecule has 0 atom stereocenters. The molecule has 0 spiro atoms. The highest BCUT2D eigenvalue weighted by atomic mass is 16.1. The highest BCUT2D eigenvalue weighted by Crippen LogP contribution is 2.34. The van der Waals surface area contributed by atoms with Crippen LogP contribution < -0.4 is 0 Å². The zero-order valence-corrected chi connectivity index (χ0v) is 11.7. The number of carbonyl (C=O) groups is 1. The number of aromatic nitrogens is 3. The number of hydrogen-bond acceptors (Lipinski definition) is 3. The van der Waals surface area contributed by atoms with Gasteiger partial charge in [0.1, 0.15) is 12.7 Å². The van der Waals surface area contributed by atoms with E-state index in [2.05, 4.69) is 10.1 Å². The van der Waals surface area contributed by atoms with Gasteiger partial charge in [0.05, 0.1) is 0 Å². The average molecular weight is 277 g/mol. The smallest absolute Gasteiger partial charge is 0.172 e. The zero-order valence-electron chi connectivity index (χ0n) is 11.7. The second-order valence-electron chi connectivity index (χ2n) is 4.84. The summed E-state index contributed by atoms with van der Waals surface area (Å²) >= 11 is 0.